The number of primary amides is 1. The van der Waals surface area contributed by atoms with E-state index in [1.54, 1.807) is 11.1 Å². The fourth-order valence-electron chi connectivity index (χ4n) is 7.53. The van der Waals surface area contributed by atoms with Crippen LogP contribution < -0.4 is 11.1 Å². The number of nitrogens with two attached hydrogens (primary N) is 1. The number of alkyl carbamates (subject to hydrolysis) is 1. The Morgan fingerprint density at radius 1 is 0.930 bits per heavy atom. The Kier molecular flexibility index (Phi) is 16.1. The number of carbonyl (C=O) groups is 4. The molecule has 2 saturated heterocycles. The zero-order chi connectivity index (χ0) is 37.4. The monoisotopic (exact) mass is 854 g/mol. The van der Waals surface area contributed by atoms with Crippen molar-refractivity contribution in [1.29, 1.82) is 0 Å². The van der Waals surface area contributed by atoms with Gasteiger partial charge in [0.2, 0.25) is 17.7 Å². The van der Waals surface area contributed by atoms with Gasteiger partial charge < -0.3 is 35.6 Å². The maximum absolute atomic E-state index is 13.5. The summed E-state index contributed by atoms with van der Waals surface area (Å²) in [5.41, 5.74) is 10.8. The average Bonchev–Trinajstić information content (AvgIpc) is 3.63. The van der Waals surface area contributed by atoms with E-state index >= 15 is 0 Å². The number of amides is 4. The molecule has 7 rings (SSSR count). The van der Waals surface area contributed by atoms with Gasteiger partial charge >= 0.3 is 6.09 Å². The molecule has 1 saturated carbocycles. The molecule has 0 bridgehead atoms. The minimum absolute atomic E-state index is 0. The number of methoxy groups -OCH3 is 1. The molecule has 13 nitrogen and oxygen atoms in total. The summed E-state index contributed by atoms with van der Waals surface area (Å²) in [5, 5.41) is 2.43. The molecule has 5 N–H and O–H groups in total. The highest BCUT2D eigenvalue weighted by atomic mass is 32.1. The van der Waals surface area contributed by atoms with Crippen LogP contribution in [0.15, 0.2) is 48.7 Å². The molecule has 1 aliphatic carbocycles. The normalized spacial score (nSPS) is 18.5. The number of nitrogens with zero attached hydrogens (tertiary/aromatic N) is 4. The molecular weight excluding hydrogens is 801 g/mol. The lowest BCUT2D eigenvalue weighted by Gasteiger charge is -2.28. The summed E-state index contributed by atoms with van der Waals surface area (Å²) in [6.07, 6.45) is 5.31. The number of aromatic nitrogens is 4. The smallest absolute Gasteiger partial charge is 0.407 e. The molecule has 0 unspecified atom stereocenters. The standard InChI is InChI=1S/C40H46N8O5.4H2S/c1-23(2)24(3)37(50)48-22-40(15-16-40)20-33(48)36-43-28-14-11-26(18-29(28)44-36)8-7-25-9-12-27(13-10-25)31-21-42-35(45-31)32-6-5-17-47(32)38(51)30(19-34(41)49)46-39(52)53-4;;;;/h9-14,18,21,23-24,30,32-33H,5-6,15-17,19-20,22H2,1-4H3,(H2,41,49)(H,42,45)(H,43,44)(H,46,52);4*1H2/t24-,30-,32-,33-;;;;/m0..../s1. The molecule has 2 aromatic carbocycles. The number of carbonyl (C=O) groups excluding carboxylic acids is 4. The van der Waals surface area contributed by atoms with Crippen LogP contribution in [0.1, 0.15) is 94.2 Å². The maximum Gasteiger partial charge on any atom is 0.407 e. The Labute approximate surface area is 361 Å². The van der Waals surface area contributed by atoms with Crippen LogP contribution in [0.5, 0.6) is 0 Å². The van der Waals surface area contributed by atoms with E-state index in [9.17, 15) is 19.2 Å². The van der Waals surface area contributed by atoms with Crippen molar-refractivity contribution in [2.75, 3.05) is 20.2 Å². The van der Waals surface area contributed by atoms with Crippen molar-refractivity contribution in [3.63, 3.8) is 0 Å². The lowest BCUT2D eigenvalue weighted by Crippen LogP contribution is -2.50. The van der Waals surface area contributed by atoms with Gasteiger partial charge in [0.05, 0.1) is 48.5 Å². The fourth-order valence-corrected chi connectivity index (χ4v) is 7.53. The molecule has 3 aliphatic rings. The van der Waals surface area contributed by atoms with E-state index < -0.39 is 23.9 Å². The Hall–Kier alpha value is -4.24. The number of nitrogens with one attached hydrogen (secondary N) is 3. The van der Waals surface area contributed by atoms with Gasteiger partial charge in [0.15, 0.2) is 0 Å². The molecule has 1 spiro atoms. The van der Waals surface area contributed by atoms with E-state index in [1.165, 1.54) is 20.0 Å². The second-order valence-electron chi connectivity index (χ2n) is 15.1. The number of benzene rings is 2. The number of hydrogen-bond donors (Lipinski definition) is 4. The minimum Gasteiger partial charge on any atom is -0.453 e. The van der Waals surface area contributed by atoms with Crippen LogP contribution >= 0.6 is 54.0 Å². The third-order valence-corrected chi connectivity index (χ3v) is 11.1. The Morgan fingerprint density at radius 2 is 1.61 bits per heavy atom. The third kappa shape index (κ3) is 10.3. The summed E-state index contributed by atoms with van der Waals surface area (Å²) in [6, 6.07) is 12.3. The van der Waals surface area contributed by atoms with Gasteiger partial charge in [-0.15, -0.1) is 0 Å². The van der Waals surface area contributed by atoms with Crippen LogP contribution in [-0.4, -0.2) is 79.8 Å². The highest BCUT2D eigenvalue weighted by Gasteiger charge is 2.54. The number of ether oxygens (including phenoxy) is 1. The van der Waals surface area contributed by atoms with Crippen molar-refractivity contribution in [2.24, 2.45) is 23.0 Å². The van der Waals surface area contributed by atoms with E-state index in [1.807, 2.05) is 49.4 Å². The lowest BCUT2D eigenvalue weighted by molar-refractivity contribution is -0.137. The van der Waals surface area contributed by atoms with Crippen LogP contribution in [-0.2, 0) is 19.1 Å². The number of fused-ring (bicyclic) bond motifs is 1. The van der Waals surface area contributed by atoms with Crippen LogP contribution in [0.3, 0.4) is 0 Å². The second kappa shape index (κ2) is 19.5. The molecule has 308 valence electrons. The Balaban J connectivity index is 0.00000218. The quantitative estimate of drug-likeness (QED) is 0.163. The van der Waals surface area contributed by atoms with Crippen molar-refractivity contribution in [3.8, 4) is 23.1 Å². The Morgan fingerprint density at radius 3 is 2.26 bits per heavy atom. The number of aromatic amines is 2. The van der Waals surface area contributed by atoms with Crippen molar-refractivity contribution >= 4 is 88.8 Å². The highest BCUT2D eigenvalue weighted by Crippen LogP contribution is 2.58. The number of hydrogen-bond acceptors (Lipinski definition) is 7. The van der Waals surface area contributed by atoms with Gasteiger partial charge in [0, 0.05) is 30.1 Å². The summed E-state index contributed by atoms with van der Waals surface area (Å²) in [5.74, 6) is 7.36. The van der Waals surface area contributed by atoms with Crippen LogP contribution in [0.2, 0.25) is 0 Å². The zero-order valence-corrected chi connectivity index (χ0v) is 36.6. The van der Waals surface area contributed by atoms with Crippen LogP contribution in [0, 0.1) is 29.1 Å². The van der Waals surface area contributed by atoms with E-state index in [0.717, 1.165) is 58.6 Å². The van der Waals surface area contributed by atoms with E-state index in [2.05, 4.69) is 55.6 Å². The first-order valence-electron chi connectivity index (χ1n) is 18.3. The predicted molar refractivity (Wildman–Crippen MR) is 239 cm³/mol. The molecule has 57 heavy (non-hydrogen) atoms. The van der Waals surface area contributed by atoms with Gasteiger partial charge in [-0.2, -0.15) is 54.0 Å². The summed E-state index contributed by atoms with van der Waals surface area (Å²) >= 11 is 0. The van der Waals surface area contributed by atoms with Crippen molar-refractivity contribution < 1.29 is 23.9 Å². The van der Waals surface area contributed by atoms with E-state index in [0.29, 0.717) is 18.8 Å². The topological polar surface area (TPSA) is 179 Å². The van der Waals surface area contributed by atoms with Gasteiger partial charge in [-0.05, 0) is 79.3 Å². The highest BCUT2D eigenvalue weighted by molar-refractivity contribution is 7.59. The maximum atomic E-state index is 13.5. The third-order valence-electron chi connectivity index (χ3n) is 11.1. The van der Waals surface area contributed by atoms with Gasteiger partial charge in [-0.25, -0.2) is 14.8 Å². The zero-order valence-electron chi connectivity index (χ0n) is 32.6. The summed E-state index contributed by atoms with van der Waals surface area (Å²) < 4.78 is 4.63. The molecule has 4 heterocycles. The molecule has 0 radical (unpaired) electrons. The SMILES string of the molecule is COC(=O)N[C@@H](CC(N)=O)C(=O)N1CCC[C@H]1c1ncc(-c2ccc(C#Cc3ccc4nc([C@@H]5CC6(CC6)CN5C(=O)[C@@H](C)C(C)C)[nH]c4c3)cc2)[nH]1.S.S.S.S. The molecule has 4 amide bonds. The van der Waals surface area contributed by atoms with Crippen molar-refractivity contribution in [1.82, 2.24) is 35.1 Å². The number of rotatable bonds is 9. The van der Waals surface area contributed by atoms with Gasteiger partial charge in [-0.1, -0.05) is 44.7 Å². The number of imidazole rings is 2. The minimum atomic E-state index is -1.13. The molecular formula is C40H54N8O5S4. The number of H-pyrrole nitrogens is 2. The first-order chi connectivity index (χ1) is 25.4. The van der Waals surface area contributed by atoms with E-state index in [4.69, 9.17) is 10.7 Å². The average molecular weight is 855 g/mol. The Bertz CT molecular complexity index is 2120. The van der Waals surface area contributed by atoms with Crippen molar-refractivity contribution in [3.05, 3.63) is 71.4 Å². The molecule has 4 aromatic rings. The van der Waals surface area contributed by atoms with Crippen molar-refractivity contribution in [2.45, 2.75) is 77.4 Å². The van der Waals surface area contributed by atoms with Gasteiger partial charge in [0.25, 0.3) is 0 Å². The molecule has 3 fully saturated rings. The van der Waals surface area contributed by atoms with Crippen LogP contribution in [0.25, 0.3) is 22.3 Å². The molecule has 17 heteroatoms. The first-order valence-corrected chi connectivity index (χ1v) is 18.3. The summed E-state index contributed by atoms with van der Waals surface area (Å²) in [6.45, 7) is 7.51. The van der Waals surface area contributed by atoms with Crippen LogP contribution in [0.4, 0.5) is 4.79 Å². The second-order valence-corrected chi connectivity index (χ2v) is 15.1. The molecule has 2 aliphatic heterocycles. The predicted octanol–water partition coefficient (Wildman–Crippen LogP) is 5.41. The first kappa shape index (κ1) is 47.1. The molecule has 4 atom stereocenters. The fraction of sp³-hybridized carbons (Fsp3) is 0.450. The van der Waals surface area contributed by atoms with Gasteiger partial charge in [0.1, 0.15) is 17.7 Å². The molecule has 2 aromatic heterocycles. The summed E-state index contributed by atoms with van der Waals surface area (Å²) in [4.78, 5) is 70.4. The lowest BCUT2D eigenvalue weighted by atomic mass is 9.96. The van der Waals surface area contributed by atoms with E-state index in [-0.39, 0.29) is 95.6 Å². The summed E-state index contributed by atoms with van der Waals surface area (Å²) in [7, 11) is 1.19. The largest absolute Gasteiger partial charge is 0.453 e. The number of likely N-dealkylation sites (tertiary alicyclic amines) is 2. The van der Waals surface area contributed by atoms with Gasteiger partial charge in [-0.3, -0.25) is 14.4 Å².